The third-order valence-corrected chi connectivity index (χ3v) is 5.61. The quantitative estimate of drug-likeness (QED) is 0.542. The van der Waals surface area contributed by atoms with Gasteiger partial charge in [-0.25, -0.2) is 9.97 Å². The SMILES string of the molecule is Cc1sc2ncnc(SCCC(N)=O)c2c1-c1ccc(Cl)cc1. The summed E-state index contributed by atoms with van der Waals surface area (Å²) in [5.41, 5.74) is 7.43. The molecule has 0 atom stereocenters. The lowest BCUT2D eigenvalue weighted by Gasteiger charge is -2.06. The number of benzene rings is 1. The summed E-state index contributed by atoms with van der Waals surface area (Å²) in [5, 5.41) is 2.62. The molecule has 0 spiro atoms. The molecule has 0 unspecified atom stereocenters. The summed E-state index contributed by atoms with van der Waals surface area (Å²) in [5.74, 6) is 0.304. The first kappa shape index (κ1) is 16.2. The fourth-order valence-corrected chi connectivity index (χ4v) is 4.50. The maximum absolute atomic E-state index is 10.9. The lowest BCUT2D eigenvalue weighted by Crippen LogP contribution is -2.10. The number of amides is 1. The van der Waals surface area contributed by atoms with E-state index in [2.05, 4.69) is 16.9 Å². The van der Waals surface area contributed by atoms with Crippen LogP contribution in [0.1, 0.15) is 11.3 Å². The normalized spacial score (nSPS) is 11.0. The molecule has 0 aliphatic heterocycles. The van der Waals surface area contributed by atoms with Gasteiger partial charge in [-0.05, 0) is 24.6 Å². The Morgan fingerprint density at radius 3 is 2.74 bits per heavy atom. The molecule has 0 bridgehead atoms. The molecule has 4 nitrogen and oxygen atoms in total. The molecule has 0 aliphatic carbocycles. The Bertz CT molecular complexity index is 862. The summed E-state index contributed by atoms with van der Waals surface area (Å²) in [7, 11) is 0. The Balaban J connectivity index is 2.08. The molecule has 0 aliphatic rings. The van der Waals surface area contributed by atoms with Crippen LogP contribution in [0.5, 0.6) is 0 Å². The zero-order valence-corrected chi connectivity index (χ0v) is 14.8. The van der Waals surface area contributed by atoms with Crippen molar-refractivity contribution >= 4 is 50.8 Å². The number of thiophene rings is 1. The van der Waals surface area contributed by atoms with Crippen LogP contribution in [-0.4, -0.2) is 21.6 Å². The number of nitrogens with zero attached hydrogens (tertiary/aromatic N) is 2. The van der Waals surface area contributed by atoms with E-state index in [9.17, 15) is 4.79 Å². The number of aromatic nitrogens is 2. The fraction of sp³-hybridized carbons (Fsp3) is 0.188. The zero-order chi connectivity index (χ0) is 16.4. The van der Waals surface area contributed by atoms with Gasteiger partial charge in [-0.2, -0.15) is 0 Å². The molecule has 2 N–H and O–H groups in total. The van der Waals surface area contributed by atoms with Crippen molar-refractivity contribution in [3.05, 3.63) is 40.5 Å². The summed E-state index contributed by atoms with van der Waals surface area (Å²) in [6.45, 7) is 2.08. The Morgan fingerprint density at radius 1 is 1.30 bits per heavy atom. The van der Waals surface area contributed by atoms with Gasteiger partial charge in [0.15, 0.2) is 0 Å². The molecule has 1 amide bonds. The molecule has 2 aromatic heterocycles. The molecule has 3 aromatic rings. The number of halogens is 1. The smallest absolute Gasteiger partial charge is 0.218 e. The molecule has 2 heterocycles. The maximum atomic E-state index is 10.9. The maximum Gasteiger partial charge on any atom is 0.218 e. The highest BCUT2D eigenvalue weighted by Crippen LogP contribution is 2.41. The van der Waals surface area contributed by atoms with Crippen LogP contribution in [0, 0.1) is 6.92 Å². The summed E-state index contributed by atoms with van der Waals surface area (Å²) in [4.78, 5) is 21.9. The number of rotatable bonds is 5. The van der Waals surface area contributed by atoms with E-state index in [0.29, 0.717) is 17.2 Å². The summed E-state index contributed by atoms with van der Waals surface area (Å²) < 4.78 is 0. The van der Waals surface area contributed by atoms with Crippen molar-refractivity contribution in [3.8, 4) is 11.1 Å². The number of aryl methyl sites for hydroxylation is 1. The lowest BCUT2D eigenvalue weighted by molar-refractivity contribution is -0.117. The van der Waals surface area contributed by atoms with Crippen LogP contribution < -0.4 is 5.73 Å². The number of nitrogens with two attached hydrogens (primary N) is 1. The second-order valence-corrected chi connectivity index (χ2v) is 7.69. The number of fused-ring (bicyclic) bond motifs is 1. The second-order valence-electron chi connectivity index (χ2n) is 4.96. The van der Waals surface area contributed by atoms with Crippen LogP contribution >= 0.6 is 34.7 Å². The molecule has 1 aromatic carbocycles. The van der Waals surface area contributed by atoms with E-state index in [1.54, 1.807) is 17.7 Å². The molecular formula is C16H14ClN3OS2. The molecule has 7 heteroatoms. The van der Waals surface area contributed by atoms with Crippen LogP contribution in [0.2, 0.25) is 5.02 Å². The average molecular weight is 364 g/mol. The highest BCUT2D eigenvalue weighted by Gasteiger charge is 2.17. The summed E-state index contributed by atoms with van der Waals surface area (Å²) in [6, 6.07) is 7.76. The van der Waals surface area contributed by atoms with Gasteiger partial charge < -0.3 is 5.73 Å². The fourth-order valence-electron chi connectivity index (χ4n) is 2.34. The van der Waals surface area contributed by atoms with Crippen molar-refractivity contribution < 1.29 is 4.79 Å². The molecule has 0 radical (unpaired) electrons. The average Bonchev–Trinajstić information content (AvgIpc) is 2.85. The number of carbonyl (C=O) groups is 1. The molecule has 0 fully saturated rings. The van der Waals surface area contributed by atoms with Crippen molar-refractivity contribution in [1.82, 2.24) is 9.97 Å². The van der Waals surface area contributed by atoms with E-state index in [4.69, 9.17) is 17.3 Å². The highest BCUT2D eigenvalue weighted by atomic mass is 35.5. The number of thioether (sulfide) groups is 1. The van der Waals surface area contributed by atoms with Gasteiger partial charge in [0.25, 0.3) is 0 Å². The molecule has 0 saturated heterocycles. The molecular weight excluding hydrogens is 350 g/mol. The van der Waals surface area contributed by atoms with Crippen LogP contribution in [-0.2, 0) is 4.79 Å². The zero-order valence-electron chi connectivity index (χ0n) is 12.4. The topological polar surface area (TPSA) is 68.9 Å². The predicted molar refractivity (Wildman–Crippen MR) is 97.1 cm³/mol. The van der Waals surface area contributed by atoms with Gasteiger partial charge >= 0.3 is 0 Å². The van der Waals surface area contributed by atoms with E-state index >= 15 is 0 Å². The minimum Gasteiger partial charge on any atom is -0.370 e. The van der Waals surface area contributed by atoms with Crippen LogP contribution in [0.25, 0.3) is 21.3 Å². The van der Waals surface area contributed by atoms with Gasteiger partial charge in [0, 0.05) is 27.6 Å². The summed E-state index contributed by atoms with van der Waals surface area (Å²) >= 11 is 9.17. The van der Waals surface area contributed by atoms with E-state index < -0.39 is 0 Å². The van der Waals surface area contributed by atoms with Gasteiger partial charge in [-0.1, -0.05) is 23.7 Å². The van der Waals surface area contributed by atoms with Crippen LogP contribution in [0.15, 0.2) is 35.6 Å². The van der Waals surface area contributed by atoms with Gasteiger partial charge in [0.2, 0.25) is 5.91 Å². The summed E-state index contributed by atoms with van der Waals surface area (Å²) in [6.07, 6.45) is 1.89. The second kappa shape index (κ2) is 6.86. The third kappa shape index (κ3) is 3.49. The Kier molecular flexibility index (Phi) is 4.84. The van der Waals surface area contributed by atoms with Gasteiger partial charge in [0.1, 0.15) is 16.2 Å². The minimum absolute atomic E-state index is 0.303. The van der Waals surface area contributed by atoms with E-state index in [0.717, 1.165) is 26.4 Å². The first-order valence-electron chi connectivity index (χ1n) is 6.97. The molecule has 3 rings (SSSR count). The van der Waals surface area contributed by atoms with Gasteiger partial charge in [0.05, 0.1) is 5.39 Å². The first-order chi connectivity index (χ1) is 11.1. The van der Waals surface area contributed by atoms with Crippen LogP contribution in [0.3, 0.4) is 0 Å². The minimum atomic E-state index is -0.303. The predicted octanol–water partition coefficient (Wildman–Crippen LogP) is 4.29. The van der Waals surface area contributed by atoms with E-state index in [-0.39, 0.29) is 5.91 Å². The molecule has 0 saturated carbocycles. The standard InChI is InChI=1S/C16H14ClN3OS2/c1-9-13(10-2-4-11(17)5-3-10)14-15(22-7-6-12(18)21)19-8-20-16(14)23-9/h2-5,8H,6-7H2,1H3,(H2,18,21). The highest BCUT2D eigenvalue weighted by molar-refractivity contribution is 7.99. The van der Waals surface area contributed by atoms with E-state index in [1.165, 1.54) is 16.6 Å². The van der Waals surface area contributed by atoms with Crippen molar-refractivity contribution in [2.45, 2.75) is 18.4 Å². The number of carbonyl (C=O) groups excluding carboxylic acids is 1. The largest absolute Gasteiger partial charge is 0.370 e. The van der Waals surface area contributed by atoms with Gasteiger partial charge in [-0.3, -0.25) is 4.79 Å². The number of hydrogen-bond acceptors (Lipinski definition) is 5. The first-order valence-corrected chi connectivity index (χ1v) is 9.15. The van der Waals surface area contributed by atoms with E-state index in [1.807, 2.05) is 24.3 Å². The Morgan fingerprint density at radius 2 is 2.04 bits per heavy atom. The van der Waals surface area contributed by atoms with Crippen LogP contribution in [0.4, 0.5) is 0 Å². The van der Waals surface area contributed by atoms with Gasteiger partial charge in [-0.15, -0.1) is 23.1 Å². The Labute approximate surface area is 147 Å². The third-order valence-electron chi connectivity index (χ3n) is 3.35. The Hall–Kier alpha value is -1.63. The number of primary amides is 1. The molecule has 23 heavy (non-hydrogen) atoms. The molecule has 118 valence electrons. The van der Waals surface area contributed by atoms with Crippen molar-refractivity contribution in [3.63, 3.8) is 0 Å². The lowest BCUT2D eigenvalue weighted by atomic mass is 10.0. The van der Waals surface area contributed by atoms with Crippen molar-refractivity contribution in [1.29, 1.82) is 0 Å². The van der Waals surface area contributed by atoms with Crippen molar-refractivity contribution in [2.24, 2.45) is 5.73 Å². The van der Waals surface area contributed by atoms with Crippen molar-refractivity contribution in [2.75, 3.05) is 5.75 Å². The monoisotopic (exact) mass is 363 g/mol. The number of hydrogen-bond donors (Lipinski definition) is 1.